The highest BCUT2D eigenvalue weighted by atomic mass is 32.2. The monoisotopic (exact) mass is 596 g/mol. The second kappa shape index (κ2) is 12.1. The zero-order valence-corrected chi connectivity index (χ0v) is 23.6. The molecule has 13 heteroatoms. The lowest BCUT2D eigenvalue weighted by atomic mass is 10.1. The van der Waals surface area contributed by atoms with Crippen LogP contribution in [0.1, 0.15) is 17.3 Å². The van der Waals surface area contributed by atoms with Gasteiger partial charge in [0.05, 0.1) is 28.6 Å². The zero-order valence-electron chi connectivity index (χ0n) is 21.0. The first kappa shape index (κ1) is 29.1. The van der Waals surface area contributed by atoms with Crippen LogP contribution in [0.25, 0.3) is 10.8 Å². The van der Waals surface area contributed by atoms with E-state index >= 15 is 0 Å². The van der Waals surface area contributed by atoms with Crippen molar-refractivity contribution in [3.63, 3.8) is 0 Å². The zero-order chi connectivity index (χ0) is 29.0. The molecule has 40 heavy (non-hydrogen) atoms. The Balaban J connectivity index is 1.55. The summed E-state index contributed by atoms with van der Waals surface area (Å²) in [7, 11) is -3.67. The lowest BCUT2D eigenvalue weighted by Gasteiger charge is -2.13. The quantitative estimate of drug-likeness (QED) is 0.116. The second-order valence-electron chi connectivity index (χ2n) is 8.64. The van der Waals surface area contributed by atoms with Gasteiger partial charge in [-0.05, 0) is 66.0 Å². The number of aromatic hydroxyl groups is 1. The van der Waals surface area contributed by atoms with Gasteiger partial charge in [-0.3, -0.25) is 9.59 Å². The van der Waals surface area contributed by atoms with E-state index in [1.54, 1.807) is 36.4 Å². The number of phenols is 1. The molecule has 0 aliphatic rings. The number of nitrogens with zero attached hydrogens (tertiary/aromatic N) is 2. The molecule has 4 rings (SSSR count). The van der Waals surface area contributed by atoms with E-state index in [0.717, 1.165) is 0 Å². The summed E-state index contributed by atoms with van der Waals surface area (Å²) in [5.74, 6) is -1.43. The molecule has 10 nitrogen and oxygen atoms in total. The Morgan fingerprint density at radius 1 is 0.950 bits per heavy atom. The van der Waals surface area contributed by atoms with Gasteiger partial charge in [0.25, 0.3) is 5.91 Å². The van der Waals surface area contributed by atoms with Crippen LogP contribution in [0.4, 0.5) is 22.7 Å². The molecule has 0 aliphatic carbocycles. The lowest BCUT2D eigenvalue weighted by Crippen LogP contribution is -2.13. The molecule has 0 heterocycles. The van der Waals surface area contributed by atoms with E-state index in [2.05, 4.69) is 46.1 Å². The summed E-state index contributed by atoms with van der Waals surface area (Å²) in [6, 6.07) is 16.9. The van der Waals surface area contributed by atoms with Crippen molar-refractivity contribution in [3.05, 3.63) is 72.3 Å². The third kappa shape index (κ3) is 6.62. The van der Waals surface area contributed by atoms with Gasteiger partial charge in [0.15, 0.2) is 15.6 Å². The van der Waals surface area contributed by atoms with Gasteiger partial charge in [-0.1, -0.05) is 6.07 Å². The molecule has 4 N–H and O–H groups in total. The van der Waals surface area contributed by atoms with Crippen molar-refractivity contribution in [2.45, 2.75) is 21.6 Å². The summed E-state index contributed by atoms with van der Waals surface area (Å²) < 4.78 is 24.4. The third-order valence-electron chi connectivity index (χ3n) is 5.67. The predicted octanol–water partition coefficient (Wildman–Crippen LogP) is 5.51. The Morgan fingerprint density at radius 2 is 1.68 bits per heavy atom. The van der Waals surface area contributed by atoms with Gasteiger partial charge in [-0.15, -0.1) is 30.4 Å². The minimum absolute atomic E-state index is 0.00846. The number of azo groups is 1. The van der Waals surface area contributed by atoms with E-state index in [9.17, 15) is 23.1 Å². The standard InChI is InChI=1S/C27H24N4O6S3/c1-15(33)28-22-14-20(38)11-17-12-23(39)25(26(34)24(17)22)31-30-18-7-5-16(6-8-18)27(35)29-19-3-2-4-21(13-19)40(36,37)10-9-32/h2-8,11-14,32,34,38-39H,9-10H2,1H3,(H,28,33)(H,29,35). The summed E-state index contributed by atoms with van der Waals surface area (Å²) in [5, 5.41) is 34.5. The number of carbonyl (C=O) groups excluding carboxylic acids is 2. The number of amides is 2. The lowest BCUT2D eigenvalue weighted by molar-refractivity contribution is -0.114. The number of hydrogen-bond acceptors (Lipinski definition) is 10. The van der Waals surface area contributed by atoms with Crippen molar-refractivity contribution < 1.29 is 28.2 Å². The highest BCUT2D eigenvalue weighted by molar-refractivity contribution is 7.91. The van der Waals surface area contributed by atoms with E-state index in [0.29, 0.717) is 31.9 Å². The molecular formula is C27H24N4O6S3. The molecule has 0 radical (unpaired) electrons. The number of sulfone groups is 1. The molecule has 0 saturated heterocycles. The molecule has 0 unspecified atom stereocenters. The van der Waals surface area contributed by atoms with Crippen molar-refractivity contribution in [2.75, 3.05) is 23.0 Å². The topological polar surface area (TPSA) is 158 Å². The van der Waals surface area contributed by atoms with Crippen molar-refractivity contribution in [3.8, 4) is 5.75 Å². The van der Waals surface area contributed by atoms with Gasteiger partial charge in [-0.2, -0.15) is 5.11 Å². The number of hydrogen-bond donors (Lipinski definition) is 6. The number of fused-ring (bicyclic) bond motifs is 1. The van der Waals surface area contributed by atoms with Crippen molar-refractivity contribution in [1.29, 1.82) is 0 Å². The highest BCUT2D eigenvalue weighted by Gasteiger charge is 2.17. The minimum Gasteiger partial charge on any atom is -0.505 e. The number of carbonyl (C=O) groups is 2. The van der Waals surface area contributed by atoms with Crippen LogP contribution in [0.3, 0.4) is 0 Å². The molecule has 4 aromatic carbocycles. The largest absolute Gasteiger partial charge is 0.505 e. The smallest absolute Gasteiger partial charge is 0.255 e. The van der Waals surface area contributed by atoms with Gasteiger partial charge in [0.2, 0.25) is 5.91 Å². The number of phenolic OH excluding ortho intramolecular Hbond substituents is 1. The number of nitrogens with one attached hydrogen (secondary N) is 2. The maximum Gasteiger partial charge on any atom is 0.255 e. The fourth-order valence-corrected chi connectivity index (χ4v) is 5.49. The fraction of sp³-hybridized carbons (Fsp3) is 0.111. The van der Waals surface area contributed by atoms with Crippen LogP contribution in [-0.4, -0.2) is 42.8 Å². The second-order valence-corrected chi connectivity index (χ2v) is 11.7. The van der Waals surface area contributed by atoms with Crippen LogP contribution < -0.4 is 10.6 Å². The number of rotatable bonds is 8. The first-order valence-electron chi connectivity index (χ1n) is 11.7. The highest BCUT2D eigenvalue weighted by Crippen LogP contribution is 2.44. The van der Waals surface area contributed by atoms with Crippen LogP contribution in [0, 0.1) is 0 Å². The van der Waals surface area contributed by atoms with Crippen molar-refractivity contribution in [2.24, 2.45) is 10.2 Å². The predicted molar refractivity (Wildman–Crippen MR) is 159 cm³/mol. The van der Waals surface area contributed by atoms with Gasteiger partial charge >= 0.3 is 0 Å². The molecule has 0 bridgehead atoms. The number of benzene rings is 4. The van der Waals surface area contributed by atoms with Gasteiger partial charge in [-0.25, -0.2) is 8.42 Å². The molecule has 206 valence electrons. The van der Waals surface area contributed by atoms with E-state index in [1.807, 2.05) is 0 Å². The summed E-state index contributed by atoms with van der Waals surface area (Å²) in [6.45, 7) is 0.847. The van der Waals surface area contributed by atoms with Crippen LogP contribution in [0.2, 0.25) is 0 Å². The fourth-order valence-electron chi connectivity index (χ4n) is 3.86. The Hall–Kier alpha value is -3.91. The van der Waals surface area contributed by atoms with Crippen molar-refractivity contribution in [1.82, 2.24) is 0 Å². The Bertz CT molecular complexity index is 1760. The molecule has 0 fully saturated rings. The Labute approximate surface area is 240 Å². The van der Waals surface area contributed by atoms with Crippen LogP contribution in [0.15, 0.2) is 91.6 Å². The summed E-state index contributed by atoms with van der Waals surface area (Å²) in [4.78, 5) is 25.3. The molecule has 0 aliphatic heterocycles. The first-order chi connectivity index (χ1) is 19.0. The molecule has 0 spiro atoms. The van der Waals surface area contributed by atoms with Gasteiger partial charge in [0, 0.05) is 33.4 Å². The van der Waals surface area contributed by atoms with Crippen LogP contribution >= 0.6 is 25.3 Å². The van der Waals surface area contributed by atoms with E-state index < -0.39 is 28.1 Å². The Morgan fingerprint density at radius 3 is 2.35 bits per heavy atom. The van der Waals surface area contributed by atoms with E-state index in [4.69, 9.17) is 5.11 Å². The van der Waals surface area contributed by atoms with Crippen molar-refractivity contribution >= 4 is 80.4 Å². The first-order valence-corrected chi connectivity index (χ1v) is 14.3. The molecule has 2 amide bonds. The average Bonchev–Trinajstić information content (AvgIpc) is 2.88. The van der Waals surface area contributed by atoms with E-state index in [1.165, 1.54) is 37.3 Å². The molecular weight excluding hydrogens is 573 g/mol. The Kier molecular flexibility index (Phi) is 8.79. The summed E-state index contributed by atoms with van der Waals surface area (Å²) in [6.07, 6.45) is 0. The minimum atomic E-state index is -3.67. The number of thiol groups is 2. The maximum absolute atomic E-state index is 12.7. The average molecular weight is 597 g/mol. The third-order valence-corrected chi connectivity index (χ3v) is 7.96. The summed E-state index contributed by atoms with van der Waals surface area (Å²) >= 11 is 8.78. The van der Waals surface area contributed by atoms with Crippen LogP contribution in [0.5, 0.6) is 5.75 Å². The van der Waals surface area contributed by atoms with Crippen LogP contribution in [-0.2, 0) is 14.6 Å². The number of aliphatic hydroxyl groups excluding tert-OH is 1. The number of aliphatic hydroxyl groups is 1. The molecule has 4 aromatic rings. The maximum atomic E-state index is 12.7. The normalized spacial score (nSPS) is 11.6. The molecule has 0 saturated carbocycles. The molecule has 0 atom stereocenters. The van der Waals surface area contributed by atoms with Gasteiger partial charge in [0.1, 0.15) is 5.69 Å². The van der Waals surface area contributed by atoms with Gasteiger partial charge < -0.3 is 20.8 Å². The number of anilines is 2. The summed E-state index contributed by atoms with van der Waals surface area (Å²) in [5.41, 5.74) is 1.41. The molecule has 0 aromatic heterocycles. The SMILES string of the molecule is CC(=O)Nc1cc(S)cc2cc(S)c(N=Nc3ccc(C(=O)Nc4cccc(S(=O)(=O)CCO)c4)cc3)c(O)c12. The van der Waals surface area contributed by atoms with E-state index in [-0.39, 0.29) is 33.5 Å².